The van der Waals surface area contributed by atoms with Crippen LogP contribution in [0.4, 0.5) is 0 Å². The molecule has 0 amide bonds. The van der Waals surface area contributed by atoms with Crippen LogP contribution in [0.3, 0.4) is 0 Å². The van der Waals surface area contributed by atoms with Crippen molar-refractivity contribution < 1.29 is 0 Å². The Morgan fingerprint density at radius 1 is 1.18 bits per heavy atom. The van der Waals surface area contributed by atoms with Gasteiger partial charge >= 0.3 is 0 Å². The summed E-state index contributed by atoms with van der Waals surface area (Å²) in [5, 5.41) is 0.729. The SMILES string of the molecule is Cc1cccn2c(-c3cccc(Cl)c3)ncc12. The second-order valence-electron chi connectivity index (χ2n) is 4.04. The van der Waals surface area contributed by atoms with Crippen molar-refractivity contribution in [3.05, 3.63) is 59.4 Å². The Morgan fingerprint density at radius 2 is 2.06 bits per heavy atom. The first-order valence-electron chi connectivity index (χ1n) is 5.44. The maximum absolute atomic E-state index is 6.01. The van der Waals surface area contributed by atoms with Gasteiger partial charge in [-0.3, -0.25) is 4.40 Å². The predicted molar refractivity (Wildman–Crippen MR) is 70.4 cm³/mol. The Labute approximate surface area is 104 Å². The van der Waals surface area contributed by atoms with Crippen LogP contribution < -0.4 is 0 Å². The van der Waals surface area contributed by atoms with Gasteiger partial charge in [-0.1, -0.05) is 29.8 Å². The molecule has 0 N–H and O–H groups in total. The summed E-state index contributed by atoms with van der Waals surface area (Å²) in [6.45, 7) is 2.08. The van der Waals surface area contributed by atoms with Gasteiger partial charge in [0.2, 0.25) is 0 Å². The molecule has 0 aliphatic heterocycles. The first kappa shape index (κ1) is 10.4. The van der Waals surface area contributed by atoms with Gasteiger partial charge in [0, 0.05) is 16.8 Å². The quantitative estimate of drug-likeness (QED) is 0.631. The van der Waals surface area contributed by atoms with Crippen LogP contribution in [-0.2, 0) is 0 Å². The number of hydrogen-bond acceptors (Lipinski definition) is 1. The van der Waals surface area contributed by atoms with E-state index in [1.54, 1.807) is 0 Å². The Morgan fingerprint density at radius 3 is 2.88 bits per heavy atom. The molecule has 84 valence electrons. The van der Waals surface area contributed by atoms with E-state index in [-0.39, 0.29) is 0 Å². The van der Waals surface area contributed by atoms with Gasteiger partial charge in [0.05, 0.1) is 11.7 Å². The number of benzene rings is 1. The number of aromatic nitrogens is 2. The number of nitrogens with zero attached hydrogens (tertiary/aromatic N) is 2. The minimum absolute atomic E-state index is 0.729. The molecule has 3 heteroatoms. The minimum atomic E-state index is 0.729. The van der Waals surface area contributed by atoms with Crippen molar-refractivity contribution >= 4 is 17.1 Å². The van der Waals surface area contributed by atoms with Crippen LogP contribution >= 0.6 is 11.6 Å². The summed E-state index contributed by atoms with van der Waals surface area (Å²) < 4.78 is 2.08. The zero-order valence-corrected chi connectivity index (χ0v) is 10.1. The molecule has 1 aromatic carbocycles. The second kappa shape index (κ2) is 3.90. The number of rotatable bonds is 1. The molecule has 2 heterocycles. The largest absolute Gasteiger partial charge is 0.300 e. The van der Waals surface area contributed by atoms with E-state index in [1.807, 2.05) is 42.7 Å². The van der Waals surface area contributed by atoms with E-state index >= 15 is 0 Å². The number of imidazole rings is 1. The Balaban J connectivity index is 2.28. The maximum Gasteiger partial charge on any atom is 0.144 e. The van der Waals surface area contributed by atoms with Crippen molar-refractivity contribution in [1.82, 2.24) is 9.38 Å². The molecule has 0 saturated heterocycles. The van der Waals surface area contributed by atoms with Gasteiger partial charge in [0.1, 0.15) is 5.82 Å². The zero-order chi connectivity index (χ0) is 11.8. The van der Waals surface area contributed by atoms with Gasteiger partial charge in [-0.2, -0.15) is 0 Å². The number of halogens is 1. The van der Waals surface area contributed by atoms with Crippen molar-refractivity contribution in [3.63, 3.8) is 0 Å². The van der Waals surface area contributed by atoms with E-state index in [0.29, 0.717) is 0 Å². The van der Waals surface area contributed by atoms with Gasteiger partial charge in [0.15, 0.2) is 0 Å². The average molecular weight is 243 g/mol. The van der Waals surface area contributed by atoms with Gasteiger partial charge in [-0.15, -0.1) is 0 Å². The van der Waals surface area contributed by atoms with E-state index in [2.05, 4.69) is 22.4 Å². The molecule has 3 aromatic rings. The van der Waals surface area contributed by atoms with Crippen LogP contribution in [0.2, 0.25) is 5.02 Å². The zero-order valence-electron chi connectivity index (χ0n) is 9.39. The summed E-state index contributed by atoms with van der Waals surface area (Å²) in [4.78, 5) is 4.47. The monoisotopic (exact) mass is 242 g/mol. The number of hydrogen-bond donors (Lipinski definition) is 0. The van der Waals surface area contributed by atoms with Gasteiger partial charge in [-0.05, 0) is 30.7 Å². The lowest BCUT2D eigenvalue weighted by Gasteiger charge is -2.03. The fourth-order valence-electron chi connectivity index (χ4n) is 2.00. The van der Waals surface area contributed by atoms with Gasteiger partial charge < -0.3 is 0 Å². The molecule has 0 bridgehead atoms. The van der Waals surface area contributed by atoms with Crippen molar-refractivity contribution in [2.45, 2.75) is 6.92 Å². The first-order valence-corrected chi connectivity index (χ1v) is 5.82. The second-order valence-corrected chi connectivity index (χ2v) is 4.48. The van der Waals surface area contributed by atoms with E-state index in [1.165, 1.54) is 5.56 Å². The molecular formula is C14H11ClN2. The molecule has 2 nitrogen and oxygen atoms in total. The van der Waals surface area contributed by atoms with Crippen molar-refractivity contribution in [2.24, 2.45) is 0 Å². The lowest BCUT2D eigenvalue weighted by Crippen LogP contribution is -1.90. The molecule has 0 spiro atoms. The fourth-order valence-corrected chi connectivity index (χ4v) is 2.19. The Kier molecular flexibility index (Phi) is 2.37. The fraction of sp³-hybridized carbons (Fsp3) is 0.0714. The summed E-state index contributed by atoms with van der Waals surface area (Å²) in [7, 11) is 0. The summed E-state index contributed by atoms with van der Waals surface area (Å²) in [5.41, 5.74) is 3.37. The average Bonchev–Trinajstić information content (AvgIpc) is 2.74. The predicted octanol–water partition coefficient (Wildman–Crippen LogP) is 3.96. The molecule has 17 heavy (non-hydrogen) atoms. The minimum Gasteiger partial charge on any atom is -0.300 e. The molecule has 0 saturated carbocycles. The highest BCUT2D eigenvalue weighted by atomic mass is 35.5. The molecule has 0 radical (unpaired) electrons. The van der Waals surface area contributed by atoms with E-state index < -0.39 is 0 Å². The molecule has 0 aliphatic rings. The van der Waals surface area contributed by atoms with E-state index in [9.17, 15) is 0 Å². The van der Waals surface area contributed by atoms with Crippen molar-refractivity contribution in [1.29, 1.82) is 0 Å². The third-order valence-corrected chi connectivity index (χ3v) is 3.10. The molecule has 0 unspecified atom stereocenters. The van der Waals surface area contributed by atoms with E-state index in [4.69, 9.17) is 11.6 Å². The Bertz CT molecular complexity index is 686. The molecule has 0 fully saturated rings. The van der Waals surface area contributed by atoms with Crippen molar-refractivity contribution in [3.8, 4) is 11.4 Å². The topological polar surface area (TPSA) is 17.3 Å². The summed E-state index contributed by atoms with van der Waals surface area (Å²) in [5.74, 6) is 0.922. The smallest absolute Gasteiger partial charge is 0.144 e. The summed E-state index contributed by atoms with van der Waals surface area (Å²) in [6.07, 6.45) is 3.91. The maximum atomic E-state index is 6.01. The van der Waals surface area contributed by atoms with Crippen LogP contribution in [0.15, 0.2) is 48.8 Å². The summed E-state index contributed by atoms with van der Waals surface area (Å²) in [6, 6.07) is 11.9. The van der Waals surface area contributed by atoms with Crippen LogP contribution in [0, 0.1) is 6.92 Å². The number of fused-ring (bicyclic) bond motifs is 1. The number of pyridine rings is 1. The number of aryl methyl sites for hydroxylation is 1. The third-order valence-electron chi connectivity index (χ3n) is 2.87. The Hall–Kier alpha value is -1.80. The molecule has 3 rings (SSSR count). The normalized spacial score (nSPS) is 10.9. The highest BCUT2D eigenvalue weighted by Gasteiger charge is 2.07. The third kappa shape index (κ3) is 1.71. The first-order chi connectivity index (χ1) is 8.25. The van der Waals surface area contributed by atoms with Crippen molar-refractivity contribution in [2.75, 3.05) is 0 Å². The molecule has 2 aromatic heterocycles. The highest BCUT2D eigenvalue weighted by Crippen LogP contribution is 2.23. The van der Waals surface area contributed by atoms with Crippen LogP contribution in [0.25, 0.3) is 16.9 Å². The van der Waals surface area contributed by atoms with Crippen LogP contribution in [0.5, 0.6) is 0 Å². The lowest BCUT2D eigenvalue weighted by atomic mass is 10.2. The lowest BCUT2D eigenvalue weighted by molar-refractivity contribution is 1.15. The van der Waals surface area contributed by atoms with Crippen LogP contribution in [0.1, 0.15) is 5.56 Å². The molecular weight excluding hydrogens is 232 g/mol. The standard InChI is InChI=1S/C14H11ClN2/c1-10-4-3-7-17-13(10)9-16-14(17)11-5-2-6-12(15)8-11/h2-9H,1H3. The van der Waals surface area contributed by atoms with E-state index in [0.717, 1.165) is 21.9 Å². The van der Waals surface area contributed by atoms with Gasteiger partial charge in [0.25, 0.3) is 0 Å². The molecule has 0 atom stereocenters. The summed E-state index contributed by atoms with van der Waals surface area (Å²) >= 11 is 6.01. The molecule has 0 aliphatic carbocycles. The highest BCUT2D eigenvalue weighted by molar-refractivity contribution is 6.30. The van der Waals surface area contributed by atoms with Gasteiger partial charge in [-0.25, -0.2) is 4.98 Å². The van der Waals surface area contributed by atoms with Crippen LogP contribution in [-0.4, -0.2) is 9.38 Å².